The molecule has 0 aliphatic carbocycles. The van der Waals surface area contributed by atoms with Crippen LogP contribution in [0.3, 0.4) is 0 Å². The van der Waals surface area contributed by atoms with Crippen LogP contribution in [0, 0.1) is 0 Å². The fourth-order valence-electron chi connectivity index (χ4n) is 9.45. The lowest BCUT2D eigenvalue weighted by Crippen LogP contribution is -2.11. The summed E-state index contributed by atoms with van der Waals surface area (Å²) in [6, 6.07) is 87.1. The van der Waals surface area contributed by atoms with E-state index in [1.54, 1.807) is 0 Å². The average Bonchev–Trinajstić information content (AvgIpc) is 3.91. The predicted octanol–water partition coefficient (Wildman–Crippen LogP) is 16.8. The van der Waals surface area contributed by atoms with Crippen molar-refractivity contribution in [2.45, 2.75) is 0 Å². The third kappa shape index (κ3) is 6.38. The molecule has 3 heteroatoms. The minimum atomic E-state index is 0.908. The summed E-state index contributed by atoms with van der Waals surface area (Å²) in [5, 5.41) is 4.82. The Labute approximate surface area is 366 Å². The summed E-state index contributed by atoms with van der Waals surface area (Å²) >= 11 is 0. The molecular weight excluding hydrogens is 765 g/mol. The molecule has 63 heavy (non-hydrogen) atoms. The Bertz CT molecular complexity index is 3550. The number of anilines is 3. The van der Waals surface area contributed by atoms with Crippen LogP contribution in [0.1, 0.15) is 0 Å². The van der Waals surface area contributed by atoms with Crippen LogP contribution in [0.2, 0.25) is 0 Å². The number of rotatable bonds is 8. The third-order valence-corrected chi connectivity index (χ3v) is 12.4. The van der Waals surface area contributed by atoms with Gasteiger partial charge >= 0.3 is 0 Å². The fraction of sp³-hybridized carbons (Fsp3) is 0. The maximum Gasteiger partial charge on any atom is 0.136 e. The molecule has 0 amide bonds. The van der Waals surface area contributed by atoms with Gasteiger partial charge < -0.3 is 13.9 Å². The minimum Gasteiger partial charge on any atom is -0.456 e. The summed E-state index contributed by atoms with van der Waals surface area (Å²) in [7, 11) is 0. The van der Waals surface area contributed by atoms with Crippen LogP contribution in [0.15, 0.2) is 247 Å². The second kappa shape index (κ2) is 15.3. The topological polar surface area (TPSA) is 21.3 Å². The molecule has 296 valence electrons. The van der Waals surface area contributed by atoms with Gasteiger partial charge in [0.1, 0.15) is 11.2 Å². The van der Waals surface area contributed by atoms with Crippen molar-refractivity contribution < 1.29 is 4.42 Å². The molecule has 0 saturated carbocycles. The maximum atomic E-state index is 6.20. The highest BCUT2D eigenvalue weighted by Gasteiger charge is 2.19. The van der Waals surface area contributed by atoms with Crippen LogP contribution >= 0.6 is 0 Å². The number of aromatic nitrogens is 1. The van der Waals surface area contributed by atoms with Crippen molar-refractivity contribution in [2.75, 3.05) is 4.90 Å². The maximum absolute atomic E-state index is 6.20. The first-order valence-corrected chi connectivity index (χ1v) is 21.5. The van der Waals surface area contributed by atoms with Crippen molar-refractivity contribution in [3.05, 3.63) is 243 Å². The van der Waals surface area contributed by atoms with E-state index in [2.05, 4.69) is 240 Å². The van der Waals surface area contributed by atoms with E-state index in [1.807, 2.05) is 12.1 Å². The van der Waals surface area contributed by atoms with Crippen LogP contribution in [0.25, 0.3) is 93.9 Å². The number of furan rings is 1. The molecule has 12 rings (SSSR count). The molecule has 0 atom stereocenters. The summed E-state index contributed by atoms with van der Waals surface area (Å²) in [6.07, 6.45) is 0. The van der Waals surface area contributed by atoms with Crippen LogP contribution in [-0.4, -0.2) is 4.57 Å². The van der Waals surface area contributed by atoms with E-state index in [0.717, 1.165) is 61.4 Å². The summed E-state index contributed by atoms with van der Waals surface area (Å²) in [6.45, 7) is 0. The Hall–Kier alpha value is -8.40. The molecule has 0 aliphatic heterocycles. The van der Waals surface area contributed by atoms with Crippen molar-refractivity contribution in [3.63, 3.8) is 0 Å². The first kappa shape index (κ1) is 36.5. The second-order valence-corrected chi connectivity index (χ2v) is 16.1. The van der Waals surface area contributed by atoms with Gasteiger partial charge in [0.15, 0.2) is 0 Å². The molecule has 2 aromatic heterocycles. The van der Waals surface area contributed by atoms with E-state index in [4.69, 9.17) is 4.42 Å². The minimum absolute atomic E-state index is 0.908. The van der Waals surface area contributed by atoms with Gasteiger partial charge in [-0.3, -0.25) is 0 Å². The highest BCUT2D eigenvalue weighted by atomic mass is 16.3. The van der Waals surface area contributed by atoms with Crippen LogP contribution in [0.4, 0.5) is 17.1 Å². The Balaban J connectivity index is 0.902. The molecular formula is C60H40N2O. The number of hydrogen-bond donors (Lipinski definition) is 0. The first-order chi connectivity index (χ1) is 31.2. The molecule has 0 aliphatic rings. The largest absolute Gasteiger partial charge is 0.456 e. The normalized spacial score (nSPS) is 11.5. The van der Waals surface area contributed by atoms with Gasteiger partial charge in [-0.1, -0.05) is 176 Å². The Kier molecular flexibility index (Phi) is 8.83. The monoisotopic (exact) mass is 804 g/mol. The molecule has 10 aromatic carbocycles. The highest BCUT2D eigenvalue weighted by Crippen LogP contribution is 2.43. The SMILES string of the molecule is c1ccc(-c2ccccc2N(c2ccc(-c3ccc(-c4cccc5oc6ccccc6c45)cc3)cc2)c2ccc(-c3cccc(-n4c5ccccc5c5ccccc54)c3)cc2)cc1. The lowest BCUT2D eigenvalue weighted by molar-refractivity contribution is 0.669. The fourth-order valence-corrected chi connectivity index (χ4v) is 9.45. The van der Waals surface area contributed by atoms with Crippen LogP contribution in [-0.2, 0) is 0 Å². The molecule has 0 spiro atoms. The molecule has 0 fully saturated rings. The molecule has 0 radical (unpaired) electrons. The van der Waals surface area contributed by atoms with Crippen molar-refractivity contribution in [3.8, 4) is 50.2 Å². The summed E-state index contributed by atoms with van der Waals surface area (Å²) in [5.41, 5.74) is 18.0. The van der Waals surface area contributed by atoms with E-state index < -0.39 is 0 Å². The van der Waals surface area contributed by atoms with Crippen molar-refractivity contribution in [2.24, 2.45) is 0 Å². The Morgan fingerprint density at radius 2 is 0.794 bits per heavy atom. The van der Waals surface area contributed by atoms with E-state index in [0.29, 0.717) is 0 Å². The van der Waals surface area contributed by atoms with Crippen LogP contribution in [0.5, 0.6) is 0 Å². The highest BCUT2D eigenvalue weighted by molar-refractivity contribution is 6.12. The Morgan fingerprint density at radius 3 is 1.49 bits per heavy atom. The zero-order valence-corrected chi connectivity index (χ0v) is 34.4. The quantitative estimate of drug-likeness (QED) is 0.153. The number of fused-ring (bicyclic) bond motifs is 6. The summed E-state index contributed by atoms with van der Waals surface area (Å²) < 4.78 is 8.58. The average molecular weight is 805 g/mol. The number of hydrogen-bond acceptors (Lipinski definition) is 2. The zero-order chi connectivity index (χ0) is 41.7. The van der Waals surface area contributed by atoms with E-state index in [9.17, 15) is 0 Å². The van der Waals surface area contributed by atoms with Gasteiger partial charge in [-0.05, 0) is 106 Å². The molecule has 0 unspecified atom stereocenters. The van der Waals surface area contributed by atoms with Gasteiger partial charge in [0, 0.05) is 44.2 Å². The number of para-hydroxylation sites is 4. The van der Waals surface area contributed by atoms with Gasteiger partial charge in [0.2, 0.25) is 0 Å². The van der Waals surface area contributed by atoms with Crippen molar-refractivity contribution >= 4 is 60.8 Å². The van der Waals surface area contributed by atoms with E-state index in [-0.39, 0.29) is 0 Å². The summed E-state index contributed by atoms with van der Waals surface area (Å²) in [4.78, 5) is 2.38. The van der Waals surface area contributed by atoms with Crippen LogP contribution < -0.4 is 4.90 Å². The molecule has 2 heterocycles. The molecule has 12 aromatic rings. The van der Waals surface area contributed by atoms with Crippen molar-refractivity contribution in [1.29, 1.82) is 0 Å². The molecule has 0 saturated heterocycles. The third-order valence-electron chi connectivity index (χ3n) is 12.4. The van der Waals surface area contributed by atoms with Gasteiger partial charge in [0.25, 0.3) is 0 Å². The zero-order valence-electron chi connectivity index (χ0n) is 34.4. The predicted molar refractivity (Wildman–Crippen MR) is 264 cm³/mol. The lowest BCUT2D eigenvalue weighted by Gasteiger charge is -2.28. The smallest absolute Gasteiger partial charge is 0.136 e. The lowest BCUT2D eigenvalue weighted by atomic mass is 9.96. The van der Waals surface area contributed by atoms with E-state index in [1.165, 1.54) is 49.6 Å². The number of nitrogens with zero attached hydrogens (tertiary/aromatic N) is 2. The van der Waals surface area contributed by atoms with Gasteiger partial charge in [-0.25, -0.2) is 0 Å². The molecule has 0 bridgehead atoms. The number of benzene rings is 10. The van der Waals surface area contributed by atoms with E-state index >= 15 is 0 Å². The van der Waals surface area contributed by atoms with Crippen molar-refractivity contribution in [1.82, 2.24) is 4.57 Å². The first-order valence-electron chi connectivity index (χ1n) is 21.5. The molecule has 0 N–H and O–H groups in total. The Morgan fingerprint density at radius 1 is 0.317 bits per heavy atom. The van der Waals surface area contributed by atoms with Gasteiger partial charge in [-0.2, -0.15) is 0 Å². The standard InChI is InChI=1S/C60H40N2O/c1-2-14-44(15-3-1)50-18-4-8-23-55(50)61(47-36-32-42(33-37-47)41-28-30-45(31-29-41)51-22-13-27-59-60(51)54-21-7-11-26-58(54)63-59)48-38-34-43(35-39-48)46-16-12-17-49(40-46)62-56-24-9-5-19-52(56)53-20-6-10-25-57(53)62/h1-40H. The summed E-state index contributed by atoms with van der Waals surface area (Å²) in [5.74, 6) is 0. The second-order valence-electron chi connectivity index (χ2n) is 16.1. The molecule has 3 nitrogen and oxygen atoms in total. The van der Waals surface area contributed by atoms with Gasteiger partial charge in [-0.15, -0.1) is 0 Å². The van der Waals surface area contributed by atoms with Gasteiger partial charge in [0.05, 0.1) is 16.7 Å².